The Hall–Kier alpha value is -1.35. The van der Waals surface area contributed by atoms with E-state index in [4.69, 9.17) is 4.74 Å². The molecular weight excluding hydrogens is 224 g/mol. The molecule has 2 heterocycles. The fourth-order valence-electron chi connectivity index (χ4n) is 2.44. The Morgan fingerprint density at radius 3 is 3.00 bits per heavy atom. The van der Waals surface area contributed by atoms with E-state index in [1.54, 1.807) is 0 Å². The lowest BCUT2D eigenvalue weighted by molar-refractivity contribution is 0.253. The van der Waals surface area contributed by atoms with E-state index in [1.165, 1.54) is 16.3 Å². The highest BCUT2D eigenvalue weighted by molar-refractivity contribution is 5.43. The lowest BCUT2D eigenvalue weighted by Crippen LogP contribution is -2.38. The van der Waals surface area contributed by atoms with E-state index in [0.29, 0.717) is 6.73 Å². The largest absolute Gasteiger partial charge is 0.476 e. The lowest BCUT2D eigenvalue weighted by Gasteiger charge is -2.21. The quantitative estimate of drug-likeness (QED) is 0.815. The summed E-state index contributed by atoms with van der Waals surface area (Å²) in [4.78, 5) is 4.63. The second-order valence-electron chi connectivity index (χ2n) is 4.23. The molecule has 1 aromatic carbocycles. The van der Waals surface area contributed by atoms with Gasteiger partial charge in [0.15, 0.2) is 5.75 Å². The van der Waals surface area contributed by atoms with Crippen LogP contribution < -0.4 is 20.6 Å². The molecular formula is C15H22N2O. The Kier molecular flexibility index (Phi) is 4.37. The average molecular weight is 246 g/mol. The van der Waals surface area contributed by atoms with Gasteiger partial charge in [-0.05, 0) is 18.4 Å². The van der Waals surface area contributed by atoms with E-state index in [-0.39, 0.29) is 0 Å². The van der Waals surface area contributed by atoms with Crippen LogP contribution >= 0.6 is 0 Å². The first-order valence-electron chi connectivity index (χ1n) is 6.93. The standard InChI is InChI=1S/C13H16N2O.C2H6/c1-2-9-6-10-7-14-8-16-13(10)12-11(9)4-3-5-15-12;1-2/h4,6,14H,2-3,5,7-8H2,1H3;1-2H3. The molecule has 0 radical (unpaired) electrons. The molecule has 2 aliphatic heterocycles. The number of hydrogen-bond donors (Lipinski definition) is 1. The molecule has 3 nitrogen and oxygen atoms in total. The summed E-state index contributed by atoms with van der Waals surface area (Å²) in [6, 6.07) is 2.26. The highest BCUT2D eigenvalue weighted by atomic mass is 16.5. The van der Waals surface area contributed by atoms with Crippen LogP contribution in [0.1, 0.15) is 38.3 Å². The van der Waals surface area contributed by atoms with Gasteiger partial charge in [-0.1, -0.05) is 32.9 Å². The number of ether oxygens (including phenoxy) is 1. The fraction of sp³-hybridized carbons (Fsp3) is 0.533. The van der Waals surface area contributed by atoms with Crippen molar-refractivity contribution in [3.63, 3.8) is 0 Å². The summed E-state index contributed by atoms with van der Waals surface area (Å²) in [7, 11) is 0. The zero-order valence-electron chi connectivity index (χ0n) is 11.5. The molecule has 0 spiro atoms. The third-order valence-corrected chi connectivity index (χ3v) is 3.22. The second kappa shape index (κ2) is 6.01. The van der Waals surface area contributed by atoms with Gasteiger partial charge in [0.2, 0.25) is 0 Å². The predicted octanol–water partition coefficient (Wildman–Crippen LogP) is 1.52. The third kappa shape index (κ3) is 2.27. The van der Waals surface area contributed by atoms with E-state index < -0.39 is 0 Å². The first-order valence-corrected chi connectivity index (χ1v) is 6.93. The first-order chi connectivity index (χ1) is 8.90. The van der Waals surface area contributed by atoms with Crippen molar-refractivity contribution in [2.24, 2.45) is 4.99 Å². The van der Waals surface area contributed by atoms with Gasteiger partial charge < -0.3 is 4.74 Å². The van der Waals surface area contributed by atoms with E-state index in [9.17, 15) is 0 Å². The number of aryl methyl sites for hydroxylation is 1. The van der Waals surface area contributed by atoms with E-state index in [0.717, 1.165) is 37.0 Å². The van der Waals surface area contributed by atoms with Gasteiger partial charge in [0.25, 0.3) is 0 Å². The van der Waals surface area contributed by atoms with Gasteiger partial charge in [-0.25, -0.2) is 0 Å². The van der Waals surface area contributed by atoms with Gasteiger partial charge in [-0.15, -0.1) is 0 Å². The molecule has 0 saturated carbocycles. The molecule has 0 amide bonds. The molecule has 0 bridgehead atoms. The number of nitrogens with one attached hydrogen (secondary N) is 1. The molecule has 18 heavy (non-hydrogen) atoms. The molecule has 0 atom stereocenters. The van der Waals surface area contributed by atoms with Crippen LogP contribution in [0.4, 0.5) is 0 Å². The summed E-state index contributed by atoms with van der Waals surface area (Å²) in [5, 5.41) is 5.61. The summed E-state index contributed by atoms with van der Waals surface area (Å²) < 4.78 is 5.70. The van der Waals surface area contributed by atoms with Crippen molar-refractivity contribution >= 4 is 6.08 Å². The number of nitrogens with zero attached hydrogens (tertiary/aromatic N) is 1. The summed E-state index contributed by atoms with van der Waals surface area (Å²) in [5.41, 5.74) is 2.64. The average Bonchev–Trinajstić information content (AvgIpc) is 2.48. The first kappa shape index (κ1) is 13.1. The van der Waals surface area contributed by atoms with Gasteiger partial charge in [0, 0.05) is 23.9 Å². The monoisotopic (exact) mass is 246 g/mol. The molecule has 3 rings (SSSR count). The number of rotatable bonds is 1. The minimum absolute atomic E-state index is 0.598. The van der Waals surface area contributed by atoms with Crippen LogP contribution in [0.15, 0.2) is 11.1 Å². The number of hydrogen-bond acceptors (Lipinski definition) is 3. The van der Waals surface area contributed by atoms with Crippen molar-refractivity contribution in [2.45, 2.75) is 40.2 Å². The summed E-state index contributed by atoms with van der Waals surface area (Å²) in [5.74, 6) is 1.00. The van der Waals surface area contributed by atoms with Gasteiger partial charge in [0.05, 0.1) is 0 Å². The molecule has 0 saturated heterocycles. The zero-order valence-corrected chi connectivity index (χ0v) is 11.5. The summed E-state index contributed by atoms with van der Waals surface area (Å²) in [6.45, 7) is 8.58. The van der Waals surface area contributed by atoms with E-state index >= 15 is 0 Å². The maximum absolute atomic E-state index is 5.70. The molecule has 2 aliphatic rings. The van der Waals surface area contributed by atoms with Crippen molar-refractivity contribution in [2.75, 3.05) is 13.3 Å². The molecule has 0 aromatic heterocycles. The topological polar surface area (TPSA) is 33.6 Å². The summed E-state index contributed by atoms with van der Waals surface area (Å²) >= 11 is 0. The maximum Gasteiger partial charge on any atom is 0.151 e. The highest BCUT2D eigenvalue weighted by Gasteiger charge is 2.15. The van der Waals surface area contributed by atoms with Crippen LogP contribution in [0.5, 0.6) is 5.75 Å². The van der Waals surface area contributed by atoms with Crippen LogP contribution in [0.2, 0.25) is 0 Å². The Balaban J connectivity index is 0.000000574. The number of fused-ring (bicyclic) bond motifs is 3. The van der Waals surface area contributed by atoms with Crippen molar-refractivity contribution in [1.29, 1.82) is 0 Å². The van der Waals surface area contributed by atoms with E-state index in [1.807, 2.05) is 13.8 Å². The number of benzene rings is 1. The van der Waals surface area contributed by atoms with Gasteiger partial charge in [-0.2, -0.15) is 0 Å². The molecule has 1 aromatic rings. The fourth-order valence-corrected chi connectivity index (χ4v) is 2.44. The zero-order chi connectivity index (χ0) is 13.0. The predicted molar refractivity (Wildman–Crippen MR) is 74.2 cm³/mol. The molecule has 0 fully saturated rings. The van der Waals surface area contributed by atoms with Crippen molar-refractivity contribution < 1.29 is 4.74 Å². The van der Waals surface area contributed by atoms with Crippen LogP contribution in [-0.4, -0.2) is 13.3 Å². The maximum atomic E-state index is 5.70. The Bertz CT molecular complexity index is 534. The Labute approximate surface area is 109 Å². The normalized spacial score (nSPS) is 15.9. The molecule has 0 aliphatic carbocycles. The summed E-state index contributed by atoms with van der Waals surface area (Å²) in [6.07, 6.45) is 4.41. The van der Waals surface area contributed by atoms with Crippen LogP contribution in [-0.2, 0) is 13.0 Å². The van der Waals surface area contributed by atoms with Crippen LogP contribution in [0.3, 0.4) is 0 Å². The van der Waals surface area contributed by atoms with Crippen LogP contribution in [0, 0.1) is 0 Å². The van der Waals surface area contributed by atoms with Crippen molar-refractivity contribution in [3.8, 4) is 5.75 Å². The lowest BCUT2D eigenvalue weighted by atomic mass is 10.0. The third-order valence-electron chi connectivity index (χ3n) is 3.22. The molecule has 1 N–H and O–H groups in total. The molecule has 98 valence electrons. The Morgan fingerprint density at radius 2 is 2.22 bits per heavy atom. The minimum atomic E-state index is 0.598. The molecule has 0 unspecified atom stereocenters. The van der Waals surface area contributed by atoms with E-state index in [2.05, 4.69) is 29.4 Å². The van der Waals surface area contributed by atoms with Crippen LogP contribution in [0.25, 0.3) is 6.08 Å². The minimum Gasteiger partial charge on any atom is -0.476 e. The van der Waals surface area contributed by atoms with Gasteiger partial charge in [-0.3, -0.25) is 10.3 Å². The van der Waals surface area contributed by atoms with Crippen molar-refractivity contribution in [3.05, 3.63) is 27.8 Å². The van der Waals surface area contributed by atoms with Crippen molar-refractivity contribution in [1.82, 2.24) is 5.32 Å². The second-order valence-corrected chi connectivity index (χ2v) is 4.23. The highest BCUT2D eigenvalue weighted by Crippen LogP contribution is 2.17. The SMILES string of the molecule is CC.CCc1cc2c(c3c1=CCCN=3)OCNC2. The van der Waals surface area contributed by atoms with Gasteiger partial charge >= 0.3 is 0 Å². The van der Waals surface area contributed by atoms with Gasteiger partial charge in [0.1, 0.15) is 12.1 Å². The Morgan fingerprint density at radius 1 is 1.39 bits per heavy atom. The smallest absolute Gasteiger partial charge is 0.151 e. The molecule has 3 heteroatoms.